The van der Waals surface area contributed by atoms with Crippen LogP contribution >= 0.6 is 0 Å². The van der Waals surface area contributed by atoms with Gasteiger partial charge in [0.1, 0.15) is 5.69 Å². The molecule has 1 amide bonds. The molecule has 6 nitrogen and oxygen atoms in total. The van der Waals surface area contributed by atoms with Crippen LogP contribution in [-0.4, -0.2) is 21.1 Å². The van der Waals surface area contributed by atoms with Gasteiger partial charge < -0.3 is 16.0 Å². The lowest BCUT2D eigenvalue weighted by atomic mass is 10.2. The van der Waals surface area contributed by atoms with Gasteiger partial charge in [-0.2, -0.15) is 5.10 Å². The second-order valence-corrected chi connectivity index (χ2v) is 4.09. The summed E-state index contributed by atoms with van der Waals surface area (Å²) in [6.45, 7) is 0. The second kappa shape index (κ2) is 4.41. The van der Waals surface area contributed by atoms with Crippen LogP contribution in [-0.2, 0) is 0 Å². The van der Waals surface area contributed by atoms with Crippen molar-refractivity contribution < 1.29 is 4.79 Å². The number of anilines is 2. The summed E-state index contributed by atoms with van der Waals surface area (Å²) in [4.78, 5) is 15.1. The van der Waals surface area contributed by atoms with Crippen LogP contribution in [0.15, 0.2) is 42.6 Å². The molecule has 0 fully saturated rings. The number of rotatable bonds is 2. The number of hydrogen-bond donors (Lipinski definition) is 3. The summed E-state index contributed by atoms with van der Waals surface area (Å²) in [6, 6.07) is 10.6. The van der Waals surface area contributed by atoms with Crippen molar-refractivity contribution in [3.63, 3.8) is 0 Å². The van der Waals surface area contributed by atoms with Crippen molar-refractivity contribution in [3.8, 4) is 0 Å². The minimum absolute atomic E-state index is 0.268. The molecule has 0 unspecified atom stereocenters. The number of carbonyl (C=O) groups is 1. The quantitative estimate of drug-likeness (QED) is 0.606. The van der Waals surface area contributed by atoms with Gasteiger partial charge in [-0.05, 0) is 36.4 Å². The first-order valence-electron chi connectivity index (χ1n) is 5.70. The van der Waals surface area contributed by atoms with E-state index in [1.54, 1.807) is 30.5 Å². The molecule has 6 heteroatoms. The number of H-pyrrole nitrogens is 1. The summed E-state index contributed by atoms with van der Waals surface area (Å²) in [5.74, 6) is 0.140. The predicted molar refractivity (Wildman–Crippen MR) is 72.7 cm³/mol. The summed E-state index contributed by atoms with van der Waals surface area (Å²) in [6.07, 6.45) is 1.54. The Morgan fingerprint density at radius 3 is 2.95 bits per heavy atom. The minimum atomic E-state index is -0.268. The maximum Gasteiger partial charge on any atom is 0.273 e. The van der Waals surface area contributed by atoms with Gasteiger partial charge in [-0.3, -0.25) is 4.79 Å². The van der Waals surface area contributed by atoms with Crippen molar-refractivity contribution in [2.45, 2.75) is 0 Å². The Hall–Kier alpha value is -2.89. The summed E-state index contributed by atoms with van der Waals surface area (Å²) >= 11 is 0. The van der Waals surface area contributed by atoms with E-state index in [1.807, 2.05) is 12.1 Å². The van der Waals surface area contributed by atoms with Gasteiger partial charge in [0.25, 0.3) is 5.91 Å². The lowest BCUT2D eigenvalue weighted by Gasteiger charge is -2.00. The van der Waals surface area contributed by atoms with E-state index in [0.717, 1.165) is 10.9 Å². The van der Waals surface area contributed by atoms with Crippen LogP contribution < -0.4 is 11.1 Å². The molecular weight excluding hydrogens is 242 g/mol. The molecule has 0 atom stereocenters. The second-order valence-electron chi connectivity index (χ2n) is 4.09. The highest BCUT2D eigenvalue weighted by atomic mass is 16.1. The van der Waals surface area contributed by atoms with E-state index < -0.39 is 0 Å². The Bertz CT molecular complexity index is 735. The molecule has 0 saturated heterocycles. The van der Waals surface area contributed by atoms with Gasteiger partial charge in [0.2, 0.25) is 0 Å². The lowest BCUT2D eigenvalue weighted by Crippen LogP contribution is -2.13. The topological polar surface area (TPSA) is 96.7 Å². The van der Waals surface area contributed by atoms with E-state index in [0.29, 0.717) is 17.2 Å². The van der Waals surface area contributed by atoms with Gasteiger partial charge in [-0.15, -0.1) is 5.10 Å². The van der Waals surface area contributed by atoms with E-state index in [4.69, 9.17) is 5.73 Å². The molecule has 0 spiro atoms. The number of aromatic amines is 1. The van der Waals surface area contributed by atoms with Crippen molar-refractivity contribution in [1.82, 2.24) is 15.2 Å². The number of aromatic nitrogens is 3. The van der Waals surface area contributed by atoms with Crippen molar-refractivity contribution in [1.29, 1.82) is 0 Å². The Morgan fingerprint density at radius 2 is 2.16 bits per heavy atom. The van der Waals surface area contributed by atoms with E-state index in [-0.39, 0.29) is 5.91 Å². The molecular formula is C13H11N5O. The average Bonchev–Trinajstić information content (AvgIpc) is 2.83. The molecule has 4 N–H and O–H groups in total. The molecule has 2 aromatic heterocycles. The van der Waals surface area contributed by atoms with Gasteiger partial charge in [0, 0.05) is 22.8 Å². The van der Waals surface area contributed by atoms with Crippen molar-refractivity contribution in [3.05, 3.63) is 48.3 Å². The fourth-order valence-corrected chi connectivity index (χ4v) is 1.83. The van der Waals surface area contributed by atoms with Gasteiger partial charge in [-0.25, -0.2) is 0 Å². The molecule has 1 aromatic carbocycles. The number of nitrogens with two attached hydrogens (primary N) is 1. The molecule has 3 aromatic rings. The van der Waals surface area contributed by atoms with E-state index in [2.05, 4.69) is 20.5 Å². The molecule has 3 rings (SSSR count). The summed E-state index contributed by atoms with van der Waals surface area (Å²) in [7, 11) is 0. The van der Waals surface area contributed by atoms with Crippen LogP contribution in [0.3, 0.4) is 0 Å². The van der Waals surface area contributed by atoms with Crippen LogP contribution in [0.25, 0.3) is 10.9 Å². The Labute approximate surface area is 108 Å². The third-order valence-electron chi connectivity index (χ3n) is 2.70. The van der Waals surface area contributed by atoms with Crippen LogP contribution in [0.2, 0.25) is 0 Å². The Kier molecular flexibility index (Phi) is 2.60. The molecule has 2 heterocycles. The fraction of sp³-hybridized carbons (Fsp3) is 0. The zero-order valence-corrected chi connectivity index (χ0v) is 9.92. The normalized spacial score (nSPS) is 10.5. The van der Waals surface area contributed by atoms with E-state index in [9.17, 15) is 4.79 Å². The summed E-state index contributed by atoms with van der Waals surface area (Å²) in [5, 5.41) is 11.0. The number of carbonyl (C=O) groups excluding carboxylic acids is 1. The fourth-order valence-electron chi connectivity index (χ4n) is 1.83. The summed E-state index contributed by atoms with van der Waals surface area (Å²) in [5.41, 5.74) is 7.67. The molecule has 0 aliphatic heterocycles. The van der Waals surface area contributed by atoms with Gasteiger partial charge in [-0.1, -0.05) is 0 Å². The van der Waals surface area contributed by atoms with Gasteiger partial charge in [0.15, 0.2) is 5.82 Å². The smallest absolute Gasteiger partial charge is 0.273 e. The largest absolute Gasteiger partial charge is 0.399 e. The lowest BCUT2D eigenvalue weighted by molar-refractivity contribution is 0.102. The van der Waals surface area contributed by atoms with E-state index >= 15 is 0 Å². The van der Waals surface area contributed by atoms with Crippen molar-refractivity contribution >= 4 is 28.3 Å². The third-order valence-corrected chi connectivity index (χ3v) is 2.70. The zero-order chi connectivity index (χ0) is 13.2. The monoisotopic (exact) mass is 253 g/mol. The number of fused-ring (bicyclic) bond motifs is 1. The number of nitrogen functional groups attached to an aromatic ring is 1. The average molecular weight is 253 g/mol. The maximum atomic E-state index is 12.0. The van der Waals surface area contributed by atoms with Crippen LogP contribution in [0.4, 0.5) is 11.5 Å². The van der Waals surface area contributed by atoms with E-state index in [1.165, 1.54) is 0 Å². The molecule has 0 radical (unpaired) electrons. The first kappa shape index (κ1) is 11.2. The Balaban J connectivity index is 1.89. The Morgan fingerprint density at radius 1 is 1.26 bits per heavy atom. The zero-order valence-electron chi connectivity index (χ0n) is 9.92. The molecule has 0 aliphatic carbocycles. The van der Waals surface area contributed by atoms with Crippen molar-refractivity contribution in [2.24, 2.45) is 0 Å². The molecule has 19 heavy (non-hydrogen) atoms. The first-order chi connectivity index (χ1) is 9.22. The third kappa shape index (κ3) is 2.23. The summed E-state index contributed by atoms with van der Waals surface area (Å²) < 4.78 is 0. The van der Waals surface area contributed by atoms with Crippen LogP contribution in [0, 0.1) is 0 Å². The molecule has 94 valence electrons. The number of nitrogens with zero attached hydrogens (tertiary/aromatic N) is 2. The molecule has 0 saturated carbocycles. The first-order valence-corrected chi connectivity index (χ1v) is 5.70. The number of benzene rings is 1. The highest BCUT2D eigenvalue weighted by molar-refractivity contribution is 6.05. The highest BCUT2D eigenvalue weighted by Crippen LogP contribution is 2.18. The maximum absolute atomic E-state index is 12.0. The molecule has 0 aliphatic rings. The van der Waals surface area contributed by atoms with Gasteiger partial charge in [0.05, 0.1) is 0 Å². The van der Waals surface area contributed by atoms with Gasteiger partial charge >= 0.3 is 0 Å². The number of hydrogen-bond acceptors (Lipinski definition) is 4. The van der Waals surface area contributed by atoms with Crippen LogP contribution in [0.1, 0.15) is 10.5 Å². The number of amides is 1. The SMILES string of the molecule is Nc1ccc2[nH]c(C(=O)Nc3cccnn3)cc2c1. The minimum Gasteiger partial charge on any atom is -0.399 e. The predicted octanol–water partition coefficient (Wildman–Crippen LogP) is 1.79. The van der Waals surface area contributed by atoms with Crippen molar-refractivity contribution in [2.75, 3.05) is 11.1 Å². The highest BCUT2D eigenvalue weighted by Gasteiger charge is 2.10. The standard InChI is InChI=1S/C13H11N5O/c14-9-3-4-10-8(6-9)7-11(16-10)13(19)17-12-2-1-5-15-18-12/h1-7,16H,14H2,(H,17,18,19). The van der Waals surface area contributed by atoms with Crippen LogP contribution in [0.5, 0.6) is 0 Å². The molecule has 0 bridgehead atoms. The number of nitrogens with one attached hydrogen (secondary N) is 2.